The van der Waals surface area contributed by atoms with E-state index in [1.165, 1.54) is 35.6 Å². The minimum atomic E-state index is -3.92. The second-order valence-corrected chi connectivity index (χ2v) is 10.8. The van der Waals surface area contributed by atoms with Crippen LogP contribution in [0.15, 0.2) is 56.8 Å². The average molecular weight is 556 g/mol. The number of rotatable bonds is 8. The molecule has 0 atom stereocenters. The van der Waals surface area contributed by atoms with E-state index in [1.807, 2.05) is 30.3 Å². The number of halogens is 1. The van der Waals surface area contributed by atoms with Gasteiger partial charge in [-0.25, -0.2) is 8.42 Å². The van der Waals surface area contributed by atoms with Gasteiger partial charge in [0.05, 0.1) is 33.8 Å². The summed E-state index contributed by atoms with van der Waals surface area (Å²) in [5.41, 5.74) is 1.07. The van der Waals surface area contributed by atoms with Crippen molar-refractivity contribution >= 4 is 53.4 Å². The Hall–Kier alpha value is -3.27. The highest BCUT2D eigenvalue weighted by molar-refractivity contribution is 9.10. The summed E-state index contributed by atoms with van der Waals surface area (Å²) in [4.78, 5) is 17.5. The minimum absolute atomic E-state index is 0.00348. The average Bonchev–Trinajstić information content (AvgIpc) is 3.15. The second-order valence-electron chi connectivity index (χ2n) is 6.95. The van der Waals surface area contributed by atoms with Gasteiger partial charge in [0.2, 0.25) is 10.0 Å². The molecular formula is C23H18BrN5O3S2. The molecule has 0 saturated carbocycles. The van der Waals surface area contributed by atoms with E-state index in [2.05, 4.69) is 26.8 Å². The summed E-state index contributed by atoms with van der Waals surface area (Å²) >= 11 is 4.75. The number of sulfonamides is 1. The number of fused-ring (bicyclic) bond motifs is 1. The molecule has 3 aromatic rings. The van der Waals surface area contributed by atoms with Gasteiger partial charge in [-0.2, -0.15) is 19.8 Å². The SMILES string of the molecule is C#CCn1c(=NC(=O)c2ccc(S(=O)(=O)N(CCC#N)CCC#N)cc2)sc2cc(Br)ccc21. The van der Waals surface area contributed by atoms with Crippen molar-refractivity contribution in [3.63, 3.8) is 0 Å². The van der Waals surface area contributed by atoms with Crippen LogP contribution in [0.3, 0.4) is 0 Å². The van der Waals surface area contributed by atoms with E-state index >= 15 is 0 Å². The van der Waals surface area contributed by atoms with Crippen LogP contribution in [0.1, 0.15) is 23.2 Å². The standard InChI is InChI=1S/C23H18BrN5O3S2/c1-2-13-29-20-10-7-18(24)16-21(20)33-23(29)27-22(30)17-5-8-19(9-6-17)34(31,32)28(14-3-11-25)15-4-12-26/h1,5-10,16H,3-4,13-15H2. The number of aromatic nitrogens is 1. The first-order chi connectivity index (χ1) is 16.3. The number of thiazole rings is 1. The molecule has 8 nitrogen and oxygen atoms in total. The van der Waals surface area contributed by atoms with Crippen LogP contribution < -0.4 is 4.80 Å². The van der Waals surface area contributed by atoms with E-state index in [4.69, 9.17) is 16.9 Å². The Kier molecular flexibility index (Phi) is 8.38. The molecule has 0 radical (unpaired) electrons. The number of hydrogen-bond donors (Lipinski definition) is 0. The maximum absolute atomic E-state index is 12.9. The highest BCUT2D eigenvalue weighted by atomic mass is 79.9. The van der Waals surface area contributed by atoms with Gasteiger partial charge in [-0.05, 0) is 42.5 Å². The largest absolute Gasteiger partial charge is 0.305 e. The molecule has 2 aromatic carbocycles. The van der Waals surface area contributed by atoms with Gasteiger partial charge in [-0.15, -0.1) is 6.42 Å². The third-order valence-electron chi connectivity index (χ3n) is 4.78. The Labute approximate surface area is 209 Å². The summed E-state index contributed by atoms with van der Waals surface area (Å²) in [5.74, 6) is 2.03. The van der Waals surface area contributed by atoms with E-state index in [1.54, 1.807) is 4.57 Å². The molecule has 34 heavy (non-hydrogen) atoms. The van der Waals surface area contributed by atoms with Crippen molar-refractivity contribution in [2.45, 2.75) is 24.3 Å². The first-order valence-corrected chi connectivity index (χ1v) is 13.0. The fourth-order valence-electron chi connectivity index (χ4n) is 3.15. The quantitative estimate of drug-likeness (QED) is 0.393. The molecule has 0 saturated heterocycles. The lowest BCUT2D eigenvalue weighted by Crippen LogP contribution is -2.32. The molecule has 0 bridgehead atoms. The summed E-state index contributed by atoms with van der Waals surface area (Å²) in [5, 5.41) is 17.6. The third kappa shape index (κ3) is 5.61. The van der Waals surface area contributed by atoms with E-state index in [0.29, 0.717) is 4.80 Å². The van der Waals surface area contributed by atoms with E-state index < -0.39 is 15.9 Å². The number of benzene rings is 2. The van der Waals surface area contributed by atoms with Crippen molar-refractivity contribution in [2.24, 2.45) is 4.99 Å². The van der Waals surface area contributed by atoms with Crippen LogP contribution in [-0.2, 0) is 16.6 Å². The normalized spacial score (nSPS) is 11.8. The number of hydrogen-bond acceptors (Lipinski definition) is 6. The summed E-state index contributed by atoms with van der Waals surface area (Å²) in [7, 11) is -3.92. The molecular weight excluding hydrogens is 538 g/mol. The van der Waals surface area contributed by atoms with Crippen molar-refractivity contribution in [3.05, 3.63) is 57.3 Å². The van der Waals surface area contributed by atoms with Crippen molar-refractivity contribution in [2.75, 3.05) is 13.1 Å². The maximum atomic E-state index is 12.9. The Bertz CT molecular complexity index is 1500. The molecule has 0 aliphatic rings. The summed E-state index contributed by atoms with van der Waals surface area (Å²) in [6, 6.07) is 14.9. The molecule has 172 valence electrons. The van der Waals surface area contributed by atoms with Crippen LogP contribution >= 0.6 is 27.3 Å². The van der Waals surface area contributed by atoms with Gasteiger partial charge < -0.3 is 4.57 Å². The van der Waals surface area contributed by atoms with Crippen molar-refractivity contribution < 1.29 is 13.2 Å². The number of carbonyl (C=O) groups excluding carboxylic acids is 1. The van der Waals surface area contributed by atoms with Crippen LogP contribution in [0.25, 0.3) is 10.2 Å². The van der Waals surface area contributed by atoms with Gasteiger partial charge in [-0.1, -0.05) is 33.2 Å². The monoisotopic (exact) mass is 555 g/mol. The van der Waals surface area contributed by atoms with Gasteiger partial charge in [0.15, 0.2) is 4.80 Å². The Morgan fingerprint density at radius 2 is 1.76 bits per heavy atom. The summed E-state index contributed by atoms with van der Waals surface area (Å²) in [6.07, 6.45) is 5.50. The van der Waals surface area contributed by atoms with Gasteiger partial charge in [0, 0.05) is 36.0 Å². The third-order valence-corrected chi connectivity index (χ3v) is 8.22. The zero-order valence-electron chi connectivity index (χ0n) is 17.8. The Balaban J connectivity index is 1.93. The van der Waals surface area contributed by atoms with Gasteiger partial charge >= 0.3 is 0 Å². The Morgan fingerprint density at radius 3 is 2.35 bits per heavy atom. The van der Waals surface area contributed by atoms with E-state index in [-0.39, 0.29) is 42.9 Å². The zero-order chi connectivity index (χ0) is 24.7. The predicted octanol–water partition coefficient (Wildman–Crippen LogP) is 3.66. The number of amides is 1. The molecule has 11 heteroatoms. The molecule has 0 unspecified atom stereocenters. The summed E-state index contributed by atoms with van der Waals surface area (Å²) in [6.45, 7) is 0.202. The number of carbonyl (C=O) groups is 1. The lowest BCUT2D eigenvalue weighted by Gasteiger charge is -2.20. The van der Waals surface area contributed by atoms with Gasteiger partial charge in [-0.3, -0.25) is 4.79 Å². The molecule has 1 aromatic heterocycles. The Morgan fingerprint density at radius 1 is 1.12 bits per heavy atom. The fraction of sp³-hybridized carbons (Fsp3) is 0.217. The molecule has 1 amide bonds. The topological polar surface area (TPSA) is 119 Å². The lowest BCUT2D eigenvalue weighted by molar-refractivity contribution is 0.0998. The zero-order valence-corrected chi connectivity index (χ0v) is 21.0. The molecule has 0 N–H and O–H groups in total. The minimum Gasteiger partial charge on any atom is -0.305 e. The predicted molar refractivity (Wildman–Crippen MR) is 132 cm³/mol. The van der Waals surface area contributed by atoms with Crippen LogP contribution in [0.5, 0.6) is 0 Å². The number of nitrogens with zero attached hydrogens (tertiary/aromatic N) is 5. The molecule has 3 rings (SSSR count). The number of terminal acetylenes is 1. The fourth-order valence-corrected chi connectivity index (χ4v) is 6.17. The maximum Gasteiger partial charge on any atom is 0.279 e. The molecule has 1 heterocycles. The molecule has 0 aliphatic heterocycles. The van der Waals surface area contributed by atoms with Crippen LogP contribution in [0.2, 0.25) is 0 Å². The first kappa shape index (κ1) is 25.4. The highest BCUT2D eigenvalue weighted by Crippen LogP contribution is 2.22. The van der Waals surface area contributed by atoms with Crippen LogP contribution in [0.4, 0.5) is 0 Å². The van der Waals surface area contributed by atoms with E-state index in [0.717, 1.165) is 19.0 Å². The van der Waals surface area contributed by atoms with Crippen molar-refractivity contribution in [1.82, 2.24) is 8.87 Å². The van der Waals surface area contributed by atoms with Crippen LogP contribution in [-0.4, -0.2) is 36.3 Å². The van der Waals surface area contributed by atoms with Crippen molar-refractivity contribution in [1.29, 1.82) is 10.5 Å². The lowest BCUT2D eigenvalue weighted by atomic mass is 10.2. The highest BCUT2D eigenvalue weighted by Gasteiger charge is 2.24. The van der Waals surface area contributed by atoms with Gasteiger partial charge in [0.1, 0.15) is 0 Å². The van der Waals surface area contributed by atoms with Gasteiger partial charge in [0.25, 0.3) is 5.91 Å². The smallest absolute Gasteiger partial charge is 0.279 e. The molecule has 0 fully saturated rings. The van der Waals surface area contributed by atoms with Crippen LogP contribution in [0, 0.1) is 35.0 Å². The summed E-state index contributed by atoms with van der Waals surface area (Å²) < 4.78 is 30.5. The van der Waals surface area contributed by atoms with Crippen molar-refractivity contribution in [3.8, 4) is 24.5 Å². The molecule has 0 spiro atoms. The first-order valence-electron chi connectivity index (χ1n) is 9.97. The number of nitriles is 2. The second kappa shape index (κ2) is 11.2. The molecule has 0 aliphatic carbocycles. The van der Waals surface area contributed by atoms with E-state index in [9.17, 15) is 13.2 Å².